The van der Waals surface area contributed by atoms with Crippen LogP contribution in [0.2, 0.25) is 0 Å². The number of unbranched alkanes of at least 4 members (excludes halogenated alkanes) is 1. The first-order valence-corrected chi connectivity index (χ1v) is 10.8. The van der Waals surface area contributed by atoms with Crippen molar-refractivity contribution >= 4 is 34.8 Å². The van der Waals surface area contributed by atoms with E-state index in [1.54, 1.807) is 53.4 Å². The number of para-hydroxylation sites is 1. The number of carbonyl (C=O) groups is 2. The molecule has 0 aliphatic carbocycles. The first-order chi connectivity index (χ1) is 15.1. The SMILES string of the molecule is CCCCOc1ccc(C(=O)NC(=S)Nc2ccccc2C(=O)N2CCOCC2)cc1. The standard InChI is InChI=1S/C23H27N3O4S/c1-2-3-14-30-18-10-8-17(9-11-18)21(27)25-23(31)24-20-7-5-4-6-19(20)22(28)26-12-15-29-16-13-26/h4-11H,2-3,12-16H2,1H3,(H2,24,25,27,31). The number of hydrogen-bond donors (Lipinski definition) is 2. The average Bonchev–Trinajstić information content (AvgIpc) is 2.80. The van der Waals surface area contributed by atoms with Gasteiger partial charge < -0.3 is 19.7 Å². The minimum Gasteiger partial charge on any atom is -0.494 e. The fourth-order valence-corrected chi connectivity index (χ4v) is 3.28. The molecule has 0 saturated carbocycles. The highest BCUT2D eigenvalue weighted by molar-refractivity contribution is 7.80. The van der Waals surface area contributed by atoms with Crippen LogP contribution in [0.25, 0.3) is 0 Å². The second-order valence-corrected chi connectivity index (χ2v) is 7.49. The van der Waals surface area contributed by atoms with E-state index < -0.39 is 0 Å². The van der Waals surface area contributed by atoms with E-state index in [0.29, 0.717) is 49.7 Å². The lowest BCUT2D eigenvalue weighted by Gasteiger charge is -2.27. The third-order valence-electron chi connectivity index (χ3n) is 4.81. The predicted molar refractivity (Wildman–Crippen MR) is 124 cm³/mol. The van der Waals surface area contributed by atoms with Crippen molar-refractivity contribution in [2.24, 2.45) is 0 Å². The maximum absolute atomic E-state index is 12.9. The Kier molecular flexibility index (Phi) is 8.37. The Morgan fingerprint density at radius 3 is 2.52 bits per heavy atom. The molecule has 0 unspecified atom stereocenters. The molecule has 1 aliphatic heterocycles. The fraction of sp³-hybridized carbons (Fsp3) is 0.348. The topological polar surface area (TPSA) is 79.9 Å². The average molecular weight is 442 g/mol. The summed E-state index contributed by atoms with van der Waals surface area (Å²) in [4.78, 5) is 27.1. The molecule has 2 aromatic rings. The molecule has 2 N–H and O–H groups in total. The molecule has 7 nitrogen and oxygen atoms in total. The molecule has 2 aromatic carbocycles. The normalized spacial score (nSPS) is 13.4. The van der Waals surface area contributed by atoms with Crippen LogP contribution in [0.3, 0.4) is 0 Å². The van der Waals surface area contributed by atoms with Gasteiger partial charge in [0.05, 0.1) is 31.1 Å². The van der Waals surface area contributed by atoms with Crippen molar-refractivity contribution in [1.82, 2.24) is 10.2 Å². The van der Waals surface area contributed by atoms with E-state index in [9.17, 15) is 9.59 Å². The molecule has 31 heavy (non-hydrogen) atoms. The summed E-state index contributed by atoms with van der Waals surface area (Å²) in [5, 5.41) is 5.75. The van der Waals surface area contributed by atoms with Gasteiger partial charge in [0.15, 0.2) is 5.11 Å². The zero-order chi connectivity index (χ0) is 22.1. The first kappa shape index (κ1) is 22.7. The van der Waals surface area contributed by atoms with Crippen molar-refractivity contribution in [3.63, 3.8) is 0 Å². The molecular formula is C23H27N3O4S. The van der Waals surface area contributed by atoms with Crippen molar-refractivity contribution in [3.8, 4) is 5.75 Å². The van der Waals surface area contributed by atoms with E-state index in [-0.39, 0.29) is 16.9 Å². The summed E-state index contributed by atoms with van der Waals surface area (Å²) in [6.07, 6.45) is 2.05. The number of nitrogens with zero attached hydrogens (tertiary/aromatic N) is 1. The Morgan fingerprint density at radius 2 is 1.81 bits per heavy atom. The summed E-state index contributed by atoms with van der Waals surface area (Å²) in [7, 11) is 0. The van der Waals surface area contributed by atoms with Gasteiger partial charge in [-0.1, -0.05) is 25.5 Å². The first-order valence-electron chi connectivity index (χ1n) is 10.4. The summed E-state index contributed by atoms with van der Waals surface area (Å²) in [5.74, 6) is 0.287. The minimum absolute atomic E-state index is 0.0980. The molecule has 1 saturated heterocycles. The van der Waals surface area contributed by atoms with Gasteiger partial charge in [-0.25, -0.2) is 0 Å². The Labute approximate surface area is 187 Å². The number of carbonyl (C=O) groups excluding carboxylic acids is 2. The van der Waals surface area contributed by atoms with Crippen LogP contribution in [0.4, 0.5) is 5.69 Å². The summed E-state index contributed by atoms with van der Waals surface area (Å²) >= 11 is 5.30. The third kappa shape index (κ3) is 6.50. The van der Waals surface area contributed by atoms with Gasteiger partial charge in [-0.2, -0.15) is 0 Å². The van der Waals surface area contributed by atoms with Gasteiger partial charge in [-0.05, 0) is 55.0 Å². The maximum atomic E-state index is 12.9. The van der Waals surface area contributed by atoms with Crippen molar-refractivity contribution in [3.05, 3.63) is 59.7 Å². The molecular weight excluding hydrogens is 414 g/mol. The zero-order valence-electron chi connectivity index (χ0n) is 17.6. The summed E-state index contributed by atoms with van der Waals surface area (Å²) in [6.45, 7) is 4.90. The van der Waals surface area contributed by atoms with Crippen molar-refractivity contribution in [2.75, 3.05) is 38.2 Å². The predicted octanol–water partition coefficient (Wildman–Crippen LogP) is 3.46. The van der Waals surface area contributed by atoms with Crippen LogP contribution in [-0.4, -0.2) is 54.7 Å². The number of hydrogen-bond acceptors (Lipinski definition) is 5. The molecule has 1 aliphatic rings. The minimum atomic E-state index is -0.338. The van der Waals surface area contributed by atoms with Crippen molar-refractivity contribution in [1.29, 1.82) is 0 Å². The van der Waals surface area contributed by atoms with Gasteiger partial charge in [0.25, 0.3) is 11.8 Å². The number of ether oxygens (including phenoxy) is 2. The van der Waals surface area contributed by atoms with Crippen LogP contribution in [0, 0.1) is 0 Å². The van der Waals surface area contributed by atoms with Crippen LogP contribution >= 0.6 is 12.2 Å². The third-order valence-corrected chi connectivity index (χ3v) is 5.02. The largest absolute Gasteiger partial charge is 0.494 e. The lowest BCUT2D eigenvalue weighted by molar-refractivity contribution is 0.0303. The summed E-state index contributed by atoms with van der Waals surface area (Å²) in [6, 6.07) is 14.0. The highest BCUT2D eigenvalue weighted by atomic mass is 32.1. The summed E-state index contributed by atoms with van der Waals surface area (Å²) in [5.41, 5.74) is 1.50. The monoisotopic (exact) mass is 441 g/mol. The Balaban J connectivity index is 1.59. The van der Waals surface area contributed by atoms with Crippen molar-refractivity contribution in [2.45, 2.75) is 19.8 Å². The van der Waals surface area contributed by atoms with Gasteiger partial charge >= 0.3 is 0 Å². The molecule has 0 spiro atoms. The van der Waals surface area contributed by atoms with Crippen LogP contribution in [0.15, 0.2) is 48.5 Å². The molecule has 164 valence electrons. The van der Waals surface area contributed by atoms with Gasteiger partial charge in [0, 0.05) is 18.7 Å². The highest BCUT2D eigenvalue weighted by Gasteiger charge is 2.21. The van der Waals surface area contributed by atoms with Crippen molar-refractivity contribution < 1.29 is 19.1 Å². The second kappa shape index (κ2) is 11.4. The molecule has 0 radical (unpaired) electrons. The van der Waals surface area contributed by atoms with Crippen LogP contribution in [0.5, 0.6) is 5.75 Å². The number of thiocarbonyl (C=S) groups is 1. The molecule has 8 heteroatoms. The Hall–Kier alpha value is -2.97. The molecule has 0 bridgehead atoms. The van der Waals surface area contributed by atoms with E-state index >= 15 is 0 Å². The zero-order valence-corrected chi connectivity index (χ0v) is 18.4. The van der Waals surface area contributed by atoms with Gasteiger partial charge in [0.1, 0.15) is 5.75 Å². The highest BCUT2D eigenvalue weighted by Crippen LogP contribution is 2.18. The smallest absolute Gasteiger partial charge is 0.257 e. The van der Waals surface area contributed by atoms with Crippen LogP contribution in [-0.2, 0) is 4.74 Å². The Morgan fingerprint density at radius 1 is 1.10 bits per heavy atom. The van der Waals surface area contributed by atoms with Crippen LogP contribution in [0.1, 0.15) is 40.5 Å². The van der Waals surface area contributed by atoms with E-state index in [1.165, 1.54) is 0 Å². The second-order valence-electron chi connectivity index (χ2n) is 7.08. The lowest BCUT2D eigenvalue weighted by Crippen LogP contribution is -2.41. The van der Waals surface area contributed by atoms with E-state index in [4.69, 9.17) is 21.7 Å². The maximum Gasteiger partial charge on any atom is 0.257 e. The lowest BCUT2D eigenvalue weighted by atomic mass is 10.1. The fourth-order valence-electron chi connectivity index (χ4n) is 3.08. The van der Waals surface area contributed by atoms with Crippen LogP contribution < -0.4 is 15.4 Å². The van der Waals surface area contributed by atoms with Gasteiger partial charge in [0.2, 0.25) is 0 Å². The molecule has 0 aromatic heterocycles. The molecule has 1 heterocycles. The molecule has 0 atom stereocenters. The number of benzene rings is 2. The number of amides is 2. The summed E-state index contributed by atoms with van der Waals surface area (Å²) < 4.78 is 10.9. The van der Waals surface area contributed by atoms with Gasteiger partial charge in [-0.15, -0.1) is 0 Å². The number of nitrogens with one attached hydrogen (secondary N) is 2. The molecule has 3 rings (SSSR count). The molecule has 2 amide bonds. The van der Waals surface area contributed by atoms with Gasteiger partial charge in [-0.3, -0.25) is 14.9 Å². The van der Waals surface area contributed by atoms with E-state index in [1.807, 2.05) is 0 Å². The number of morpholine rings is 1. The van der Waals surface area contributed by atoms with E-state index in [0.717, 1.165) is 18.6 Å². The quantitative estimate of drug-likeness (QED) is 0.506. The Bertz CT molecular complexity index is 911. The number of rotatable bonds is 7. The molecule has 1 fully saturated rings. The van der Waals surface area contributed by atoms with E-state index in [2.05, 4.69) is 17.6 Å². The number of anilines is 1.